The number of hydrogen-bond acceptors (Lipinski definition) is 5. The van der Waals surface area contributed by atoms with Gasteiger partial charge < -0.3 is 14.4 Å². The Kier molecular flexibility index (Phi) is 9.28. The monoisotopic (exact) mass is 428 g/mol. The molecule has 0 radical (unpaired) electrons. The van der Waals surface area contributed by atoms with Crippen molar-refractivity contribution in [2.24, 2.45) is 0 Å². The zero-order chi connectivity index (χ0) is 21.9. The fourth-order valence-electron chi connectivity index (χ4n) is 2.75. The van der Waals surface area contributed by atoms with Gasteiger partial charge in [0.25, 0.3) is 5.91 Å². The summed E-state index contributed by atoms with van der Waals surface area (Å²) in [7, 11) is 0. The SMILES string of the molecule is CCOC(=O)CCN(Cc1ccccc1)C(=S)NC(=O)c1cccc(OC(C)C)c1. The van der Waals surface area contributed by atoms with Crippen LogP contribution >= 0.6 is 12.2 Å². The van der Waals surface area contributed by atoms with Crippen molar-refractivity contribution in [3.8, 4) is 5.75 Å². The largest absolute Gasteiger partial charge is 0.491 e. The molecule has 2 aromatic rings. The van der Waals surface area contributed by atoms with E-state index >= 15 is 0 Å². The first kappa shape index (κ1) is 23.3. The number of benzene rings is 2. The molecule has 1 amide bonds. The highest BCUT2D eigenvalue weighted by molar-refractivity contribution is 7.80. The van der Waals surface area contributed by atoms with Crippen molar-refractivity contribution < 1.29 is 19.1 Å². The van der Waals surface area contributed by atoms with Crippen molar-refractivity contribution in [3.05, 3.63) is 65.7 Å². The van der Waals surface area contributed by atoms with Gasteiger partial charge in [-0.05, 0) is 56.8 Å². The molecule has 2 rings (SSSR count). The van der Waals surface area contributed by atoms with Gasteiger partial charge in [0.1, 0.15) is 5.75 Å². The van der Waals surface area contributed by atoms with Crippen LogP contribution in [0, 0.1) is 0 Å². The maximum atomic E-state index is 12.7. The van der Waals surface area contributed by atoms with Crippen LogP contribution in [0.4, 0.5) is 0 Å². The van der Waals surface area contributed by atoms with Gasteiger partial charge in [0.15, 0.2) is 5.11 Å². The molecule has 1 N–H and O–H groups in total. The van der Waals surface area contributed by atoms with E-state index in [0.29, 0.717) is 31.0 Å². The number of thiocarbonyl (C=S) groups is 1. The molecule has 160 valence electrons. The van der Waals surface area contributed by atoms with Crippen LogP contribution in [0.15, 0.2) is 54.6 Å². The number of ether oxygens (including phenoxy) is 2. The van der Waals surface area contributed by atoms with E-state index in [2.05, 4.69) is 5.32 Å². The summed E-state index contributed by atoms with van der Waals surface area (Å²) in [5.74, 6) is -0.0151. The van der Waals surface area contributed by atoms with Gasteiger partial charge in [-0.25, -0.2) is 0 Å². The van der Waals surface area contributed by atoms with Crippen LogP contribution in [0.25, 0.3) is 0 Å². The average molecular weight is 429 g/mol. The molecule has 0 fully saturated rings. The van der Waals surface area contributed by atoms with Crippen LogP contribution in [0.3, 0.4) is 0 Å². The number of nitrogens with one attached hydrogen (secondary N) is 1. The second-order valence-corrected chi connectivity index (χ2v) is 7.30. The van der Waals surface area contributed by atoms with Crippen LogP contribution in [0.1, 0.15) is 43.1 Å². The number of nitrogens with zero attached hydrogens (tertiary/aromatic N) is 1. The molecule has 2 aromatic carbocycles. The number of hydrogen-bond donors (Lipinski definition) is 1. The third-order valence-electron chi connectivity index (χ3n) is 4.08. The Balaban J connectivity index is 2.08. The molecule has 0 saturated carbocycles. The Morgan fingerprint density at radius 3 is 2.50 bits per heavy atom. The molecule has 0 atom stereocenters. The van der Waals surface area contributed by atoms with Gasteiger partial charge >= 0.3 is 5.97 Å². The minimum Gasteiger partial charge on any atom is -0.491 e. The van der Waals surface area contributed by atoms with Gasteiger partial charge in [0.05, 0.1) is 19.1 Å². The normalized spacial score (nSPS) is 10.4. The predicted octanol–water partition coefficient (Wildman–Crippen LogP) is 3.94. The van der Waals surface area contributed by atoms with E-state index in [1.807, 2.05) is 44.2 Å². The second-order valence-electron chi connectivity index (χ2n) is 6.92. The molecule has 30 heavy (non-hydrogen) atoms. The van der Waals surface area contributed by atoms with Gasteiger partial charge in [0.2, 0.25) is 0 Å². The van der Waals surface area contributed by atoms with Crippen molar-refractivity contribution in [1.29, 1.82) is 0 Å². The van der Waals surface area contributed by atoms with Crippen LogP contribution in [0.5, 0.6) is 5.75 Å². The van der Waals surface area contributed by atoms with Gasteiger partial charge in [-0.15, -0.1) is 0 Å². The summed E-state index contributed by atoms with van der Waals surface area (Å²) >= 11 is 5.48. The van der Waals surface area contributed by atoms with E-state index in [1.54, 1.807) is 36.1 Å². The van der Waals surface area contributed by atoms with Crippen molar-refractivity contribution in [2.45, 2.75) is 39.8 Å². The summed E-state index contributed by atoms with van der Waals surface area (Å²) in [5.41, 5.74) is 1.46. The number of carbonyl (C=O) groups is 2. The van der Waals surface area contributed by atoms with E-state index in [9.17, 15) is 9.59 Å². The van der Waals surface area contributed by atoms with Crippen molar-refractivity contribution >= 4 is 29.2 Å². The van der Waals surface area contributed by atoms with Crippen molar-refractivity contribution in [2.75, 3.05) is 13.2 Å². The van der Waals surface area contributed by atoms with Crippen LogP contribution in [0.2, 0.25) is 0 Å². The Bertz CT molecular complexity index is 855. The number of esters is 1. The Morgan fingerprint density at radius 1 is 1.10 bits per heavy atom. The molecule has 0 spiro atoms. The Labute approximate surface area is 183 Å². The summed E-state index contributed by atoms with van der Waals surface area (Å²) in [6.45, 7) is 6.74. The number of amides is 1. The fraction of sp³-hybridized carbons (Fsp3) is 0.348. The van der Waals surface area contributed by atoms with Gasteiger partial charge in [-0.1, -0.05) is 36.4 Å². The third kappa shape index (κ3) is 7.83. The van der Waals surface area contributed by atoms with Gasteiger partial charge in [0, 0.05) is 18.7 Å². The lowest BCUT2D eigenvalue weighted by molar-refractivity contribution is -0.143. The Morgan fingerprint density at radius 2 is 1.83 bits per heavy atom. The summed E-state index contributed by atoms with van der Waals surface area (Å²) in [6.07, 6.45) is 0.183. The zero-order valence-electron chi connectivity index (χ0n) is 17.6. The predicted molar refractivity (Wildman–Crippen MR) is 120 cm³/mol. The molecule has 0 bridgehead atoms. The van der Waals surface area contributed by atoms with E-state index in [-0.39, 0.29) is 29.5 Å². The number of carbonyl (C=O) groups excluding carboxylic acids is 2. The highest BCUT2D eigenvalue weighted by atomic mass is 32.1. The first-order chi connectivity index (χ1) is 14.4. The van der Waals surface area contributed by atoms with Crippen molar-refractivity contribution in [3.63, 3.8) is 0 Å². The summed E-state index contributed by atoms with van der Waals surface area (Å²) in [4.78, 5) is 26.3. The van der Waals surface area contributed by atoms with E-state index < -0.39 is 0 Å². The van der Waals surface area contributed by atoms with E-state index in [0.717, 1.165) is 5.56 Å². The first-order valence-corrected chi connectivity index (χ1v) is 10.4. The highest BCUT2D eigenvalue weighted by Gasteiger charge is 2.17. The van der Waals surface area contributed by atoms with Crippen molar-refractivity contribution in [1.82, 2.24) is 10.2 Å². The molecule has 6 nitrogen and oxygen atoms in total. The lowest BCUT2D eigenvalue weighted by Crippen LogP contribution is -2.43. The molecule has 0 aliphatic rings. The van der Waals surface area contributed by atoms with E-state index in [4.69, 9.17) is 21.7 Å². The number of rotatable bonds is 9. The standard InChI is InChI=1S/C23H28N2O4S/c1-4-28-21(26)13-14-25(16-18-9-6-5-7-10-18)23(30)24-22(27)19-11-8-12-20(15-19)29-17(2)3/h5-12,15,17H,4,13-14,16H2,1-3H3,(H,24,27,30). The molecule has 0 aromatic heterocycles. The average Bonchev–Trinajstić information content (AvgIpc) is 2.71. The molecular weight excluding hydrogens is 400 g/mol. The maximum absolute atomic E-state index is 12.7. The van der Waals surface area contributed by atoms with Crippen LogP contribution in [-0.4, -0.2) is 41.1 Å². The Hall–Kier alpha value is -2.93. The summed E-state index contributed by atoms with van der Waals surface area (Å²) in [6, 6.07) is 16.7. The fourth-order valence-corrected chi connectivity index (χ4v) is 3.00. The van der Waals surface area contributed by atoms with Gasteiger partial charge in [-0.3, -0.25) is 14.9 Å². The highest BCUT2D eigenvalue weighted by Crippen LogP contribution is 2.15. The molecule has 0 unspecified atom stereocenters. The maximum Gasteiger partial charge on any atom is 0.307 e. The smallest absolute Gasteiger partial charge is 0.307 e. The molecule has 7 heteroatoms. The lowest BCUT2D eigenvalue weighted by atomic mass is 10.2. The topological polar surface area (TPSA) is 67.9 Å². The third-order valence-corrected chi connectivity index (χ3v) is 4.44. The van der Waals surface area contributed by atoms with E-state index in [1.165, 1.54) is 0 Å². The van der Waals surface area contributed by atoms with Crippen LogP contribution < -0.4 is 10.1 Å². The molecule has 0 heterocycles. The molecule has 0 aliphatic heterocycles. The summed E-state index contributed by atoms with van der Waals surface area (Å²) in [5, 5.41) is 3.02. The summed E-state index contributed by atoms with van der Waals surface area (Å²) < 4.78 is 10.7. The molecular formula is C23H28N2O4S. The molecule has 0 aliphatic carbocycles. The minimum absolute atomic E-state index is 0.00799. The molecule has 0 saturated heterocycles. The van der Waals surface area contributed by atoms with Gasteiger partial charge in [-0.2, -0.15) is 0 Å². The first-order valence-electron chi connectivity index (χ1n) is 9.95. The second kappa shape index (κ2) is 11.9. The lowest BCUT2D eigenvalue weighted by Gasteiger charge is -2.25. The zero-order valence-corrected chi connectivity index (χ0v) is 18.4. The van der Waals surface area contributed by atoms with Crippen LogP contribution in [-0.2, 0) is 16.1 Å². The minimum atomic E-state index is -0.330. The quantitative estimate of drug-likeness (QED) is 0.482.